The van der Waals surface area contributed by atoms with Crippen molar-refractivity contribution < 1.29 is 9.47 Å². The lowest BCUT2D eigenvalue weighted by Crippen LogP contribution is -2.40. The van der Waals surface area contributed by atoms with Gasteiger partial charge in [-0.3, -0.25) is 0 Å². The number of nitrogens with one attached hydrogen (secondary N) is 1. The van der Waals surface area contributed by atoms with Gasteiger partial charge < -0.3 is 14.8 Å². The van der Waals surface area contributed by atoms with Gasteiger partial charge in [0, 0.05) is 6.04 Å². The zero-order chi connectivity index (χ0) is 14.2. The van der Waals surface area contributed by atoms with E-state index in [1.54, 1.807) is 0 Å². The molecule has 3 heteroatoms. The third-order valence-corrected chi connectivity index (χ3v) is 4.00. The second-order valence-corrected chi connectivity index (χ2v) is 5.42. The van der Waals surface area contributed by atoms with Gasteiger partial charge in [-0.15, -0.1) is 0 Å². The van der Waals surface area contributed by atoms with Crippen LogP contribution in [0.2, 0.25) is 0 Å². The molecule has 0 amide bonds. The Kier molecular flexibility index (Phi) is 6.19. The van der Waals surface area contributed by atoms with E-state index in [0.29, 0.717) is 12.6 Å². The van der Waals surface area contributed by atoms with Crippen LogP contribution in [0.3, 0.4) is 0 Å². The van der Waals surface area contributed by atoms with Crippen LogP contribution >= 0.6 is 0 Å². The first-order chi connectivity index (χ1) is 9.83. The maximum Gasteiger partial charge on any atom is 0.119 e. The summed E-state index contributed by atoms with van der Waals surface area (Å²) in [6, 6.07) is 8.40. The minimum absolute atomic E-state index is 0.481. The van der Waals surface area contributed by atoms with E-state index in [-0.39, 0.29) is 0 Å². The van der Waals surface area contributed by atoms with E-state index < -0.39 is 0 Å². The molecule has 3 nitrogen and oxygen atoms in total. The number of benzene rings is 1. The second kappa shape index (κ2) is 8.15. The molecule has 112 valence electrons. The molecule has 0 aliphatic heterocycles. The van der Waals surface area contributed by atoms with Gasteiger partial charge in [0.25, 0.3) is 0 Å². The van der Waals surface area contributed by atoms with E-state index in [4.69, 9.17) is 9.47 Å². The summed E-state index contributed by atoms with van der Waals surface area (Å²) in [5, 5.41) is 3.58. The molecule has 0 radical (unpaired) electrons. The van der Waals surface area contributed by atoms with Crippen molar-refractivity contribution in [2.24, 2.45) is 5.92 Å². The molecule has 0 saturated heterocycles. The molecule has 1 atom stereocenters. The van der Waals surface area contributed by atoms with Crippen LogP contribution in [-0.2, 0) is 0 Å². The lowest BCUT2D eigenvalue weighted by atomic mass is 9.99. The molecule has 1 aromatic carbocycles. The summed E-state index contributed by atoms with van der Waals surface area (Å²) in [5.74, 6) is 2.60. The molecule has 1 aromatic rings. The van der Waals surface area contributed by atoms with Crippen LogP contribution in [0.15, 0.2) is 24.3 Å². The SMILES string of the molecule is CCNC(COc1ccc(OCC)cc1)C1CCCC1. The Balaban J connectivity index is 1.84. The summed E-state index contributed by atoms with van der Waals surface area (Å²) in [6.07, 6.45) is 5.42. The van der Waals surface area contributed by atoms with Crippen molar-refractivity contribution >= 4 is 0 Å². The highest BCUT2D eigenvalue weighted by molar-refractivity contribution is 5.31. The fourth-order valence-electron chi connectivity index (χ4n) is 2.97. The molecule has 1 aliphatic rings. The Morgan fingerprint density at radius 3 is 2.20 bits per heavy atom. The maximum absolute atomic E-state index is 5.95. The standard InChI is InChI=1S/C17H27NO2/c1-3-18-17(14-7-5-6-8-14)13-20-16-11-9-15(10-12-16)19-4-2/h9-12,14,17-18H,3-8,13H2,1-2H3. The molecule has 20 heavy (non-hydrogen) atoms. The zero-order valence-electron chi connectivity index (χ0n) is 12.7. The van der Waals surface area contributed by atoms with Crippen molar-refractivity contribution in [1.82, 2.24) is 5.32 Å². The van der Waals surface area contributed by atoms with Gasteiger partial charge in [-0.25, -0.2) is 0 Å². The Morgan fingerprint density at radius 2 is 1.65 bits per heavy atom. The molecule has 1 fully saturated rings. The fourth-order valence-corrected chi connectivity index (χ4v) is 2.97. The smallest absolute Gasteiger partial charge is 0.119 e. The van der Waals surface area contributed by atoms with Crippen molar-refractivity contribution in [3.05, 3.63) is 24.3 Å². The Hall–Kier alpha value is -1.22. The van der Waals surface area contributed by atoms with E-state index >= 15 is 0 Å². The highest BCUT2D eigenvalue weighted by Gasteiger charge is 2.24. The van der Waals surface area contributed by atoms with Gasteiger partial charge in [0.05, 0.1) is 6.61 Å². The summed E-state index contributed by atoms with van der Waals surface area (Å²) in [6.45, 7) is 6.62. The largest absolute Gasteiger partial charge is 0.494 e. The van der Waals surface area contributed by atoms with Crippen LogP contribution in [0.5, 0.6) is 11.5 Å². The number of ether oxygens (including phenoxy) is 2. The molecular formula is C17H27NO2. The van der Waals surface area contributed by atoms with Gasteiger partial charge in [-0.05, 0) is 56.5 Å². The molecular weight excluding hydrogens is 250 g/mol. The summed E-state index contributed by atoms with van der Waals surface area (Å²) in [7, 11) is 0. The van der Waals surface area contributed by atoms with Crippen molar-refractivity contribution in [2.75, 3.05) is 19.8 Å². The zero-order valence-corrected chi connectivity index (χ0v) is 12.7. The van der Waals surface area contributed by atoms with Crippen LogP contribution in [0.25, 0.3) is 0 Å². The van der Waals surface area contributed by atoms with E-state index in [9.17, 15) is 0 Å². The highest BCUT2D eigenvalue weighted by Crippen LogP contribution is 2.28. The van der Waals surface area contributed by atoms with Gasteiger partial charge >= 0.3 is 0 Å². The predicted molar refractivity (Wildman–Crippen MR) is 82.5 cm³/mol. The second-order valence-electron chi connectivity index (χ2n) is 5.42. The molecule has 2 rings (SSSR count). The average Bonchev–Trinajstić information content (AvgIpc) is 2.99. The minimum Gasteiger partial charge on any atom is -0.494 e. The van der Waals surface area contributed by atoms with E-state index in [0.717, 1.165) is 30.6 Å². The number of rotatable bonds is 8. The Bertz CT molecular complexity index is 371. The van der Waals surface area contributed by atoms with Crippen molar-refractivity contribution in [2.45, 2.75) is 45.6 Å². The molecule has 0 spiro atoms. The summed E-state index contributed by atoms with van der Waals surface area (Å²) < 4.78 is 11.4. The predicted octanol–water partition coefficient (Wildman–Crippen LogP) is 3.63. The fraction of sp³-hybridized carbons (Fsp3) is 0.647. The molecule has 1 aliphatic carbocycles. The molecule has 0 heterocycles. The first-order valence-corrected chi connectivity index (χ1v) is 7.92. The van der Waals surface area contributed by atoms with E-state index in [2.05, 4.69) is 12.2 Å². The number of likely N-dealkylation sites (N-methyl/N-ethyl adjacent to an activating group) is 1. The van der Waals surface area contributed by atoms with Crippen LogP contribution < -0.4 is 14.8 Å². The van der Waals surface area contributed by atoms with Crippen LogP contribution in [0.4, 0.5) is 0 Å². The minimum atomic E-state index is 0.481. The van der Waals surface area contributed by atoms with Gasteiger partial charge in [0.1, 0.15) is 18.1 Å². The number of hydrogen-bond acceptors (Lipinski definition) is 3. The highest BCUT2D eigenvalue weighted by atomic mass is 16.5. The lowest BCUT2D eigenvalue weighted by Gasteiger charge is -2.24. The Morgan fingerprint density at radius 1 is 1.05 bits per heavy atom. The summed E-state index contributed by atoms with van der Waals surface area (Å²) in [5.41, 5.74) is 0. The third-order valence-electron chi connectivity index (χ3n) is 4.00. The van der Waals surface area contributed by atoms with Crippen LogP contribution in [-0.4, -0.2) is 25.8 Å². The van der Waals surface area contributed by atoms with Gasteiger partial charge in [-0.1, -0.05) is 19.8 Å². The topological polar surface area (TPSA) is 30.5 Å². The molecule has 0 bridgehead atoms. The van der Waals surface area contributed by atoms with E-state index in [1.165, 1.54) is 25.7 Å². The molecule has 1 saturated carbocycles. The first kappa shape index (κ1) is 15.2. The summed E-state index contributed by atoms with van der Waals surface area (Å²) >= 11 is 0. The summed E-state index contributed by atoms with van der Waals surface area (Å²) in [4.78, 5) is 0. The van der Waals surface area contributed by atoms with Crippen molar-refractivity contribution in [1.29, 1.82) is 0 Å². The van der Waals surface area contributed by atoms with Gasteiger partial charge in [0.15, 0.2) is 0 Å². The van der Waals surface area contributed by atoms with Gasteiger partial charge in [0.2, 0.25) is 0 Å². The first-order valence-electron chi connectivity index (χ1n) is 7.92. The van der Waals surface area contributed by atoms with E-state index in [1.807, 2.05) is 31.2 Å². The normalized spacial score (nSPS) is 17.1. The molecule has 0 aromatic heterocycles. The van der Waals surface area contributed by atoms with Crippen LogP contribution in [0, 0.1) is 5.92 Å². The van der Waals surface area contributed by atoms with Crippen molar-refractivity contribution in [3.8, 4) is 11.5 Å². The number of hydrogen-bond donors (Lipinski definition) is 1. The Labute approximate surface area is 122 Å². The quantitative estimate of drug-likeness (QED) is 0.787. The lowest BCUT2D eigenvalue weighted by molar-refractivity contribution is 0.219. The molecule has 1 unspecified atom stereocenters. The average molecular weight is 277 g/mol. The maximum atomic E-state index is 5.95. The van der Waals surface area contributed by atoms with Crippen molar-refractivity contribution in [3.63, 3.8) is 0 Å². The van der Waals surface area contributed by atoms with Crippen LogP contribution in [0.1, 0.15) is 39.5 Å². The third kappa shape index (κ3) is 4.41. The van der Waals surface area contributed by atoms with Gasteiger partial charge in [-0.2, -0.15) is 0 Å². The molecule has 1 N–H and O–H groups in total. The monoisotopic (exact) mass is 277 g/mol.